The van der Waals surface area contributed by atoms with Gasteiger partial charge in [-0.25, -0.2) is 4.79 Å². The molecule has 27 heavy (non-hydrogen) atoms. The Bertz CT molecular complexity index is 979. The Labute approximate surface area is 163 Å². The number of nitrogens with zero attached hydrogens (tertiary/aromatic N) is 4. The molecule has 0 radical (unpaired) electrons. The van der Waals surface area contributed by atoms with Crippen LogP contribution in [0.3, 0.4) is 0 Å². The van der Waals surface area contributed by atoms with Gasteiger partial charge in [-0.2, -0.15) is 0 Å². The third kappa shape index (κ3) is 3.21. The molecule has 4 heterocycles. The van der Waals surface area contributed by atoms with Gasteiger partial charge in [-0.3, -0.25) is 18.7 Å². The van der Waals surface area contributed by atoms with Crippen LogP contribution in [0.2, 0.25) is 0 Å². The van der Waals surface area contributed by atoms with E-state index in [9.17, 15) is 14.4 Å². The second-order valence-corrected chi connectivity index (χ2v) is 7.65. The number of likely N-dealkylation sites (N-methyl/N-ethyl adjacent to an activating group) is 1. The van der Waals surface area contributed by atoms with Crippen molar-refractivity contribution >= 4 is 29.3 Å². The van der Waals surface area contributed by atoms with E-state index in [1.807, 2.05) is 11.9 Å². The Balaban J connectivity index is 0.00000210. The van der Waals surface area contributed by atoms with Crippen molar-refractivity contribution in [2.75, 3.05) is 7.05 Å². The first-order valence-electron chi connectivity index (χ1n) is 9.13. The molecule has 0 spiro atoms. The zero-order valence-electron chi connectivity index (χ0n) is 15.8. The van der Waals surface area contributed by atoms with E-state index in [1.165, 1.54) is 24.5 Å². The minimum absolute atomic E-state index is 0. The minimum atomic E-state index is -0.391. The number of amides is 1. The van der Waals surface area contributed by atoms with Crippen LogP contribution in [0.4, 0.5) is 0 Å². The molecule has 2 fully saturated rings. The van der Waals surface area contributed by atoms with Gasteiger partial charge in [-0.05, 0) is 31.7 Å². The van der Waals surface area contributed by atoms with Crippen LogP contribution in [0.5, 0.6) is 0 Å². The van der Waals surface area contributed by atoms with Gasteiger partial charge in [0.25, 0.3) is 5.56 Å². The fraction of sp³-hybridized carbons (Fsp3) is 0.611. The van der Waals surface area contributed by atoms with Crippen molar-refractivity contribution in [3.8, 4) is 0 Å². The van der Waals surface area contributed by atoms with E-state index < -0.39 is 5.69 Å². The van der Waals surface area contributed by atoms with Crippen LogP contribution in [0.15, 0.2) is 21.9 Å². The average molecular weight is 396 g/mol. The smallest absolute Gasteiger partial charge is 0.332 e. The van der Waals surface area contributed by atoms with Gasteiger partial charge in [0.05, 0.1) is 5.39 Å². The quantitative estimate of drug-likeness (QED) is 0.805. The molecule has 9 heteroatoms. The highest BCUT2D eigenvalue weighted by Gasteiger charge is 2.36. The molecule has 0 aliphatic carbocycles. The van der Waals surface area contributed by atoms with Crippen molar-refractivity contribution < 1.29 is 4.79 Å². The summed E-state index contributed by atoms with van der Waals surface area (Å²) in [6.45, 7) is 0.125. The number of hydrogen-bond acceptors (Lipinski definition) is 4. The Morgan fingerprint density at radius 3 is 2.44 bits per heavy atom. The third-order valence-corrected chi connectivity index (χ3v) is 6.06. The summed E-state index contributed by atoms with van der Waals surface area (Å²) in [6, 6.07) is 2.96. The maximum atomic E-state index is 12.8. The molecule has 2 aromatic rings. The molecule has 1 amide bonds. The summed E-state index contributed by atoms with van der Waals surface area (Å²) in [7, 11) is 4.95. The Morgan fingerprint density at radius 1 is 1.19 bits per heavy atom. The molecule has 1 N–H and O–H groups in total. The fourth-order valence-electron chi connectivity index (χ4n) is 4.52. The number of halogens is 1. The molecule has 2 aliphatic rings. The van der Waals surface area contributed by atoms with Gasteiger partial charge in [0.15, 0.2) is 0 Å². The van der Waals surface area contributed by atoms with Crippen LogP contribution in [0.25, 0.3) is 11.0 Å². The monoisotopic (exact) mass is 395 g/mol. The first kappa shape index (κ1) is 19.7. The van der Waals surface area contributed by atoms with E-state index in [2.05, 4.69) is 5.32 Å². The van der Waals surface area contributed by atoms with Crippen LogP contribution in [-0.2, 0) is 25.4 Å². The third-order valence-electron chi connectivity index (χ3n) is 6.06. The molecule has 2 aliphatic heterocycles. The van der Waals surface area contributed by atoms with Crippen molar-refractivity contribution in [3.05, 3.63) is 33.1 Å². The number of aromatic nitrogens is 3. The van der Waals surface area contributed by atoms with Gasteiger partial charge in [0, 0.05) is 45.5 Å². The average Bonchev–Trinajstić information content (AvgIpc) is 3.20. The molecule has 8 nitrogen and oxygen atoms in total. The van der Waals surface area contributed by atoms with E-state index >= 15 is 0 Å². The summed E-state index contributed by atoms with van der Waals surface area (Å²) in [6.07, 6.45) is 6.07. The topological polar surface area (TPSA) is 81.3 Å². The number of carbonyl (C=O) groups is 1. The number of nitrogens with one attached hydrogen (secondary N) is 1. The van der Waals surface area contributed by atoms with E-state index in [-0.39, 0.29) is 36.5 Å². The fourth-order valence-corrected chi connectivity index (χ4v) is 4.52. The molecule has 148 valence electrons. The summed E-state index contributed by atoms with van der Waals surface area (Å²) in [5.41, 5.74) is -0.235. The van der Waals surface area contributed by atoms with Crippen LogP contribution in [0, 0.1) is 0 Å². The summed E-state index contributed by atoms with van der Waals surface area (Å²) < 4.78 is 4.22. The highest BCUT2D eigenvalue weighted by Crippen LogP contribution is 2.29. The number of rotatable bonds is 3. The molecular weight excluding hydrogens is 370 g/mol. The number of piperidine rings is 1. The SMILES string of the molecule is CN(C(=O)Cn1ccc2c(=O)n(C)c(=O)n(C)c21)C1CC2CCC(C1)N2.Cl. The summed E-state index contributed by atoms with van der Waals surface area (Å²) in [4.78, 5) is 39.2. The predicted octanol–water partition coefficient (Wildman–Crippen LogP) is 0.202. The van der Waals surface area contributed by atoms with E-state index in [0.29, 0.717) is 23.1 Å². The lowest BCUT2D eigenvalue weighted by Crippen LogP contribution is -2.49. The van der Waals surface area contributed by atoms with Crippen LogP contribution < -0.4 is 16.6 Å². The Hall–Kier alpha value is -2.06. The highest BCUT2D eigenvalue weighted by molar-refractivity contribution is 5.85. The normalized spacial score (nSPS) is 24.0. The van der Waals surface area contributed by atoms with Crippen LogP contribution in [0.1, 0.15) is 25.7 Å². The lowest BCUT2D eigenvalue weighted by molar-refractivity contribution is -0.133. The van der Waals surface area contributed by atoms with Gasteiger partial charge in [-0.1, -0.05) is 0 Å². The van der Waals surface area contributed by atoms with Crippen LogP contribution in [-0.4, -0.2) is 49.7 Å². The number of hydrogen-bond donors (Lipinski definition) is 1. The molecule has 2 unspecified atom stereocenters. The predicted molar refractivity (Wildman–Crippen MR) is 105 cm³/mol. The number of aryl methyl sites for hydroxylation is 1. The number of fused-ring (bicyclic) bond motifs is 3. The largest absolute Gasteiger partial charge is 0.341 e. The van der Waals surface area contributed by atoms with Gasteiger partial charge < -0.3 is 14.8 Å². The summed E-state index contributed by atoms with van der Waals surface area (Å²) >= 11 is 0. The van der Waals surface area contributed by atoms with Crippen molar-refractivity contribution in [2.24, 2.45) is 14.1 Å². The van der Waals surface area contributed by atoms with E-state index in [0.717, 1.165) is 17.4 Å². The molecule has 2 atom stereocenters. The molecule has 0 aromatic carbocycles. The van der Waals surface area contributed by atoms with Crippen molar-refractivity contribution in [2.45, 2.75) is 50.4 Å². The molecule has 2 saturated heterocycles. The maximum absolute atomic E-state index is 12.8. The standard InChI is InChI=1S/C18H25N5O3.ClH/c1-20(13-8-11-4-5-12(9-13)19-11)15(24)10-23-7-6-14-16(23)21(2)18(26)22(3)17(14)25;/h6-7,11-13,19H,4-5,8-10H2,1-3H3;1H. The van der Waals surface area contributed by atoms with Crippen molar-refractivity contribution in [1.29, 1.82) is 0 Å². The van der Waals surface area contributed by atoms with E-state index in [1.54, 1.807) is 23.9 Å². The first-order valence-corrected chi connectivity index (χ1v) is 9.13. The summed E-state index contributed by atoms with van der Waals surface area (Å²) in [5.74, 6) is 0.00178. The zero-order valence-corrected chi connectivity index (χ0v) is 16.7. The molecule has 4 rings (SSSR count). The molecule has 0 saturated carbocycles. The maximum Gasteiger partial charge on any atom is 0.332 e. The van der Waals surface area contributed by atoms with Gasteiger partial charge in [0.2, 0.25) is 5.91 Å². The molecular formula is C18H26ClN5O3. The van der Waals surface area contributed by atoms with Gasteiger partial charge >= 0.3 is 5.69 Å². The molecule has 2 aromatic heterocycles. The van der Waals surface area contributed by atoms with Crippen molar-refractivity contribution in [1.82, 2.24) is 23.9 Å². The second-order valence-electron chi connectivity index (χ2n) is 7.65. The van der Waals surface area contributed by atoms with E-state index in [4.69, 9.17) is 0 Å². The van der Waals surface area contributed by atoms with Crippen molar-refractivity contribution in [3.63, 3.8) is 0 Å². The first-order chi connectivity index (χ1) is 12.4. The zero-order chi connectivity index (χ0) is 18.6. The Kier molecular flexibility index (Phi) is 5.22. The lowest BCUT2D eigenvalue weighted by Gasteiger charge is -2.35. The van der Waals surface area contributed by atoms with Gasteiger partial charge in [-0.15, -0.1) is 12.4 Å². The Morgan fingerprint density at radius 2 is 1.81 bits per heavy atom. The minimum Gasteiger partial charge on any atom is -0.341 e. The van der Waals surface area contributed by atoms with Gasteiger partial charge in [0.1, 0.15) is 12.2 Å². The number of carbonyl (C=O) groups excluding carboxylic acids is 1. The highest BCUT2D eigenvalue weighted by atomic mass is 35.5. The second kappa shape index (κ2) is 7.16. The molecule has 2 bridgehead atoms. The van der Waals surface area contributed by atoms with Crippen LogP contribution >= 0.6 is 12.4 Å². The summed E-state index contributed by atoms with van der Waals surface area (Å²) in [5, 5.41) is 4.04. The lowest BCUT2D eigenvalue weighted by atomic mass is 9.98.